The molecule has 0 aromatic heterocycles. The predicted octanol–water partition coefficient (Wildman–Crippen LogP) is 1.58. The zero-order valence-corrected chi connectivity index (χ0v) is 10.8. The summed E-state index contributed by atoms with van der Waals surface area (Å²) in [6.07, 6.45) is 1.93. The van der Waals surface area contributed by atoms with Crippen molar-refractivity contribution in [2.24, 2.45) is 5.41 Å². The molecule has 3 rings (SSSR count). The molecule has 1 spiro atoms. The Bertz CT molecular complexity index is 454. The van der Waals surface area contributed by atoms with Crippen LogP contribution in [0.4, 0.5) is 0 Å². The first-order chi connectivity index (χ1) is 8.72. The second kappa shape index (κ2) is 4.39. The summed E-state index contributed by atoms with van der Waals surface area (Å²) in [6.45, 7) is 4.80. The largest absolute Gasteiger partial charge is 0.356 e. The molecule has 2 heterocycles. The zero-order valence-electron chi connectivity index (χ0n) is 10.8. The van der Waals surface area contributed by atoms with E-state index in [1.54, 1.807) is 0 Å². The number of hydrogen-bond acceptors (Lipinski definition) is 2. The molecule has 18 heavy (non-hydrogen) atoms. The van der Waals surface area contributed by atoms with Gasteiger partial charge < -0.3 is 10.6 Å². The normalized spacial score (nSPS) is 31.6. The van der Waals surface area contributed by atoms with Crippen molar-refractivity contribution in [3.63, 3.8) is 0 Å². The van der Waals surface area contributed by atoms with Gasteiger partial charge in [0.05, 0.1) is 5.41 Å². The van der Waals surface area contributed by atoms with Crippen LogP contribution in [-0.4, -0.2) is 25.5 Å². The van der Waals surface area contributed by atoms with Crippen LogP contribution in [0.2, 0.25) is 0 Å². The number of nitrogens with one attached hydrogen (secondary N) is 2. The van der Waals surface area contributed by atoms with E-state index < -0.39 is 0 Å². The number of aryl methyl sites for hydroxylation is 1. The Morgan fingerprint density at radius 2 is 1.89 bits per heavy atom. The molecule has 2 aliphatic heterocycles. The van der Waals surface area contributed by atoms with Crippen LogP contribution in [0.3, 0.4) is 0 Å². The highest BCUT2D eigenvalue weighted by Crippen LogP contribution is 2.45. The molecule has 2 fully saturated rings. The lowest BCUT2D eigenvalue weighted by atomic mass is 9.67. The average Bonchev–Trinajstić information content (AvgIpc) is 2.74. The molecule has 0 aliphatic carbocycles. The Labute approximate surface area is 108 Å². The summed E-state index contributed by atoms with van der Waals surface area (Å²) in [4.78, 5) is 12.3. The summed E-state index contributed by atoms with van der Waals surface area (Å²) in [5, 5.41) is 6.46. The quantitative estimate of drug-likeness (QED) is 0.787. The molecule has 2 unspecified atom stereocenters. The van der Waals surface area contributed by atoms with Crippen molar-refractivity contribution >= 4 is 5.91 Å². The minimum absolute atomic E-state index is 0.166. The van der Waals surface area contributed by atoms with Crippen molar-refractivity contribution in [3.05, 3.63) is 35.4 Å². The number of benzene rings is 1. The molecule has 2 N–H and O–H groups in total. The maximum Gasteiger partial charge on any atom is 0.227 e. The van der Waals surface area contributed by atoms with Crippen LogP contribution < -0.4 is 10.6 Å². The summed E-state index contributed by atoms with van der Waals surface area (Å²) in [5.74, 6) is 0.573. The van der Waals surface area contributed by atoms with E-state index in [0.717, 1.165) is 32.5 Å². The van der Waals surface area contributed by atoms with Crippen molar-refractivity contribution < 1.29 is 4.79 Å². The van der Waals surface area contributed by atoms with Gasteiger partial charge in [-0.3, -0.25) is 4.79 Å². The van der Waals surface area contributed by atoms with Gasteiger partial charge in [0.15, 0.2) is 0 Å². The Kier molecular flexibility index (Phi) is 2.86. The van der Waals surface area contributed by atoms with Gasteiger partial charge in [-0.05, 0) is 31.9 Å². The van der Waals surface area contributed by atoms with Crippen LogP contribution in [0.1, 0.15) is 29.9 Å². The van der Waals surface area contributed by atoms with Crippen LogP contribution >= 0.6 is 0 Å². The molecule has 96 valence electrons. The molecule has 0 bridgehead atoms. The maximum atomic E-state index is 12.3. The molecule has 2 atom stereocenters. The number of piperidine rings is 1. The van der Waals surface area contributed by atoms with E-state index in [-0.39, 0.29) is 11.3 Å². The highest BCUT2D eigenvalue weighted by molar-refractivity contribution is 5.86. The van der Waals surface area contributed by atoms with Gasteiger partial charge in [0, 0.05) is 19.0 Å². The minimum atomic E-state index is -0.166. The summed E-state index contributed by atoms with van der Waals surface area (Å²) >= 11 is 0. The molecule has 2 saturated heterocycles. The standard InChI is InChI=1S/C15H20N2O/c1-11-2-4-12(5-3-11)13-10-16-8-6-15(13)7-9-17-14(15)18/h2-5,13,16H,6-10H2,1H3,(H,17,18). The summed E-state index contributed by atoms with van der Waals surface area (Å²) in [5.41, 5.74) is 2.40. The van der Waals surface area contributed by atoms with Crippen molar-refractivity contribution in [1.82, 2.24) is 10.6 Å². The lowest BCUT2D eigenvalue weighted by Gasteiger charge is -2.39. The molecule has 3 nitrogen and oxygen atoms in total. The molecule has 1 amide bonds. The van der Waals surface area contributed by atoms with Gasteiger partial charge in [-0.25, -0.2) is 0 Å². The van der Waals surface area contributed by atoms with E-state index in [0.29, 0.717) is 5.92 Å². The van der Waals surface area contributed by atoms with Crippen molar-refractivity contribution in [1.29, 1.82) is 0 Å². The SMILES string of the molecule is Cc1ccc(C2CNCCC23CCNC3=O)cc1. The fourth-order valence-electron chi connectivity index (χ4n) is 3.42. The first kappa shape index (κ1) is 11.7. The van der Waals surface area contributed by atoms with Crippen molar-refractivity contribution in [2.75, 3.05) is 19.6 Å². The summed E-state index contributed by atoms with van der Waals surface area (Å²) < 4.78 is 0. The van der Waals surface area contributed by atoms with Crippen molar-refractivity contribution in [3.8, 4) is 0 Å². The Morgan fingerprint density at radius 3 is 2.56 bits per heavy atom. The predicted molar refractivity (Wildman–Crippen MR) is 71.5 cm³/mol. The summed E-state index contributed by atoms with van der Waals surface area (Å²) in [7, 11) is 0. The third-order valence-electron chi connectivity index (χ3n) is 4.55. The van der Waals surface area contributed by atoms with E-state index in [9.17, 15) is 4.79 Å². The van der Waals surface area contributed by atoms with Crippen LogP contribution in [0, 0.1) is 12.3 Å². The average molecular weight is 244 g/mol. The number of amides is 1. The molecule has 0 radical (unpaired) electrons. The van der Waals surface area contributed by atoms with Crippen LogP contribution in [0.15, 0.2) is 24.3 Å². The number of rotatable bonds is 1. The van der Waals surface area contributed by atoms with Crippen LogP contribution in [0.5, 0.6) is 0 Å². The molecule has 1 aromatic rings. The van der Waals surface area contributed by atoms with Gasteiger partial charge in [0.25, 0.3) is 0 Å². The first-order valence-electron chi connectivity index (χ1n) is 6.78. The first-order valence-corrected chi connectivity index (χ1v) is 6.78. The zero-order chi connectivity index (χ0) is 12.6. The Hall–Kier alpha value is -1.35. The third-order valence-corrected chi connectivity index (χ3v) is 4.55. The summed E-state index contributed by atoms with van der Waals surface area (Å²) in [6, 6.07) is 8.65. The van der Waals surface area contributed by atoms with Gasteiger partial charge >= 0.3 is 0 Å². The maximum absolute atomic E-state index is 12.3. The number of carbonyl (C=O) groups excluding carboxylic acids is 1. The van der Waals surface area contributed by atoms with Crippen LogP contribution in [-0.2, 0) is 4.79 Å². The van der Waals surface area contributed by atoms with Gasteiger partial charge in [-0.1, -0.05) is 29.8 Å². The van der Waals surface area contributed by atoms with Crippen molar-refractivity contribution in [2.45, 2.75) is 25.7 Å². The minimum Gasteiger partial charge on any atom is -0.356 e. The highest BCUT2D eigenvalue weighted by atomic mass is 16.2. The molecule has 0 saturated carbocycles. The molecule has 3 heteroatoms. The smallest absolute Gasteiger partial charge is 0.227 e. The van der Waals surface area contributed by atoms with E-state index >= 15 is 0 Å². The topological polar surface area (TPSA) is 41.1 Å². The lowest BCUT2D eigenvalue weighted by Crippen LogP contribution is -2.47. The Morgan fingerprint density at radius 1 is 1.17 bits per heavy atom. The third kappa shape index (κ3) is 1.74. The molecular formula is C15H20N2O. The monoisotopic (exact) mass is 244 g/mol. The number of carbonyl (C=O) groups is 1. The number of hydrogen-bond donors (Lipinski definition) is 2. The van der Waals surface area contributed by atoms with Gasteiger partial charge in [-0.2, -0.15) is 0 Å². The van der Waals surface area contributed by atoms with E-state index in [1.807, 2.05) is 0 Å². The molecule has 2 aliphatic rings. The van der Waals surface area contributed by atoms with E-state index in [4.69, 9.17) is 0 Å². The molecular weight excluding hydrogens is 224 g/mol. The Balaban J connectivity index is 1.97. The van der Waals surface area contributed by atoms with Gasteiger partial charge in [0.2, 0.25) is 5.91 Å². The fourth-order valence-corrected chi connectivity index (χ4v) is 3.42. The molecule has 1 aromatic carbocycles. The van der Waals surface area contributed by atoms with Gasteiger partial charge in [-0.15, -0.1) is 0 Å². The van der Waals surface area contributed by atoms with E-state index in [2.05, 4.69) is 41.8 Å². The second-order valence-corrected chi connectivity index (χ2v) is 5.58. The van der Waals surface area contributed by atoms with Gasteiger partial charge in [0.1, 0.15) is 0 Å². The fraction of sp³-hybridized carbons (Fsp3) is 0.533. The van der Waals surface area contributed by atoms with Crippen LogP contribution in [0.25, 0.3) is 0 Å². The lowest BCUT2D eigenvalue weighted by molar-refractivity contribution is -0.129. The van der Waals surface area contributed by atoms with E-state index in [1.165, 1.54) is 11.1 Å². The second-order valence-electron chi connectivity index (χ2n) is 5.58. The highest BCUT2D eigenvalue weighted by Gasteiger charge is 2.49.